The van der Waals surface area contributed by atoms with Gasteiger partial charge in [0, 0.05) is 23.7 Å². The molecule has 9 nitrogen and oxygen atoms in total. The first-order valence-corrected chi connectivity index (χ1v) is 12.6. The van der Waals surface area contributed by atoms with E-state index in [9.17, 15) is 19.8 Å². The van der Waals surface area contributed by atoms with Crippen molar-refractivity contribution in [2.75, 3.05) is 26.4 Å². The Morgan fingerprint density at radius 2 is 1.86 bits per heavy atom. The van der Waals surface area contributed by atoms with Gasteiger partial charge in [-0.3, -0.25) is 14.6 Å². The Morgan fingerprint density at radius 3 is 2.59 bits per heavy atom. The van der Waals surface area contributed by atoms with E-state index in [1.54, 1.807) is 42.3 Å². The van der Waals surface area contributed by atoms with E-state index in [1.165, 1.54) is 0 Å². The number of carbonyl (C=O) groups excluding carboxylic acids is 2. The molecule has 3 aromatic rings. The van der Waals surface area contributed by atoms with Gasteiger partial charge in [-0.05, 0) is 49.4 Å². The number of ether oxygens (including phenoxy) is 2. The maximum Gasteiger partial charge on any atom is 0.255 e. The summed E-state index contributed by atoms with van der Waals surface area (Å²) in [5, 5.41) is 25.4. The zero-order chi connectivity index (χ0) is 25.9. The number of nitrogens with zero attached hydrogens (tertiary/aromatic N) is 2. The molecule has 0 spiro atoms. The van der Waals surface area contributed by atoms with Crippen LogP contribution in [0.15, 0.2) is 54.7 Å². The van der Waals surface area contributed by atoms with Crippen LogP contribution < -0.4 is 10.1 Å². The highest BCUT2D eigenvalue weighted by atomic mass is 16.5. The third-order valence-corrected chi connectivity index (χ3v) is 6.95. The fraction of sp³-hybridized carbons (Fsp3) is 0.393. The number of benzene rings is 2. The summed E-state index contributed by atoms with van der Waals surface area (Å²) in [7, 11) is 0. The number of amides is 2. The van der Waals surface area contributed by atoms with Crippen molar-refractivity contribution < 1.29 is 29.3 Å². The van der Waals surface area contributed by atoms with E-state index < -0.39 is 18.1 Å². The van der Waals surface area contributed by atoms with Gasteiger partial charge in [0.1, 0.15) is 11.9 Å². The number of pyridine rings is 1. The molecule has 2 amide bonds. The Labute approximate surface area is 215 Å². The van der Waals surface area contributed by atoms with Crippen LogP contribution >= 0.6 is 0 Å². The fourth-order valence-electron chi connectivity index (χ4n) is 5.16. The number of aliphatic hydroxyl groups is 2. The van der Waals surface area contributed by atoms with E-state index in [1.807, 2.05) is 24.3 Å². The lowest BCUT2D eigenvalue weighted by Gasteiger charge is -2.47. The molecule has 3 heterocycles. The Bertz CT molecular complexity index is 1280. The molecule has 5 rings (SSSR count). The van der Waals surface area contributed by atoms with Gasteiger partial charge in [0.05, 0.1) is 49.3 Å². The third kappa shape index (κ3) is 5.29. The first kappa shape index (κ1) is 25.1. The summed E-state index contributed by atoms with van der Waals surface area (Å²) in [6.45, 7) is 2.88. The van der Waals surface area contributed by atoms with Gasteiger partial charge in [0.15, 0.2) is 0 Å². The second-order valence-corrected chi connectivity index (χ2v) is 9.51. The molecule has 3 unspecified atom stereocenters. The second-order valence-electron chi connectivity index (χ2n) is 9.51. The molecule has 0 radical (unpaired) electrons. The monoisotopic (exact) mass is 505 g/mol. The Kier molecular flexibility index (Phi) is 7.36. The topological polar surface area (TPSA) is 121 Å². The van der Waals surface area contributed by atoms with Crippen LogP contribution in [0.5, 0.6) is 5.75 Å². The van der Waals surface area contributed by atoms with Crippen LogP contribution in [0.2, 0.25) is 0 Å². The molecule has 2 saturated heterocycles. The van der Waals surface area contributed by atoms with Gasteiger partial charge in [0.25, 0.3) is 11.8 Å². The molecular weight excluding hydrogens is 474 g/mol. The number of nitrogens with one attached hydrogen (secondary N) is 1. The number of piperidine rings is 1. The summed E-state index contributed by atoms with van der Waals surface area (Å²) >= 11 is 0. The third-order valence-electron chi connectivity index (χ3n) is 6.95. The molecular formula is C28H31N3O6. The smallest absolute Gasteiger partial charge is 0.255 e. The van der Waals surface area contributed by atoms with Crippen LogP contribution in [0, 0.1) is 0 Å². The number of hydrogen-bond acceptors (Lipinski definition) is 7. The molecule has 3 N–H and O–H groups in total. The summed E-state index contributed by atoms with van der Waals surface area (Å²) in [4.78, 5) is 32.5. The highest BCUT2D eigenvalue weighted by molar-refractivity contribution is 6.00. The quantitative estimate of drug-likeness (QED) is 0.451. The van der Waals surface area contributed by atoms with Crippen LogP contribution in [-0.4, -0.2) is 76.5 Å². The molecule has 37 heavy (non-hydrogen) atoms. The van der Waals surface area contributed by atoms with E-state index >= 15 is 0 Å². The Morgan fingerprint density at radius 1 is 1.14 bits per heavy atom. The largest absolute Gasteiger partial charge is 0.493 e. The van der Waals surface area contributed by atoms with Crippen molar-refractivity contribution in [3.63, 3.8) is 0 Å². The van der Waals surface area contributed by atoms with Crippen molar-refractivity contribution in [1.29, 1.82) is 0 Å². The number of rotatable bonds is 7. The molecule has 9 heteroatoms. The summed E-state index contributed by atoms with van der Waals surface area (Å²) in [5.41, 5.74) is 1.15. The van der Waals surface area contributed by atoms with Crippen molar-refractivity contribution in [3.05, 3.63) is 71.5 Å². The first-order chi connectivity index (χ1) is 17.9. The number of morpholine rings is 1. The summed E-state index contributed by atoms with van der Waals surface area (Å²) in [6, 6.07) is 13.9. The maximum absolute atomic E-state index is 13.4. The molecule has 1 aromatic heterocycles. The minimum absolute atomic E-state index is 0.0319. The number of carbonyl (C=O) groups is 2. The van der Waals surface area contributed by atoms with Crippen molar-refractivity contribution in [3.8, 4) is 5.75 Å². The standard InChI is InChI=1S/C28H31N3O6/c1-2-37-26-10-18(28(35)31-20-11-22(32)12-21(31)16-36-15-20)7-8-23(26)27(34)30-14-25(33)24-9-17-5-3-4-6-19(17)13-29-24/h3-10,13,20-22,25,32-33H,2,11-12,14-16H2,1H3,(H,30,34). The van der Waals surface area contributed by atoms with Crippen molar-refractivity contribution in [2.24, 2.45) is 0 Å². The van der Waals surface area contributed by atoms with E-state index in [-0.39, 0.29) is 30.1 Å². The van der Waals surface area contributed by atoms with Gasteiger partial charge < -0.3 is 29.9 Å². The van der Waals surface area contributed by atoms with Crippen LogP contribution in [-0.2, 0) is 4.74 Å². The normalized spacial score (nSPS) is 21.9. The molecule has 3 atom stereocenters. The van der Waals surface area contributed by atoms with Crippen LogP contribution in [0.3, 0.4) is 0 Å². The minimum atomic E-state index is -0.985. The molecule has 2 fully saturated rings. The van der Waals surface area contributed by atoms with Gasteiger partial charge >= 0.3 is 0 Å². The van der Waals surface area contributed by atoms with E-state index in [0.29, 0.717) is 49.7 Å². The van der Waals surface area contributed by atoms with Crippen molar-refractivity contribution >= 4 is 22.6 Å². The highest BCUT2D eigenvalue weighted by Gasteiger charge is 2.41. The fourth-order valence-corrected chi connectivity index (χ4v) is 5.16. The van der Waals surface area contributed by atoms with Crippen LogP contribution in [0.4, 0.5) is 0 Å². The van der Waals surface area contributed by atoms with Gasteiger partial charge in [-0.15, -0.1) is 0 Å². The lowest BCUT2D eigenvalue weighted by molar-refractivity contribution is -0.0871. The maximum atomic E-state index is 13.4. The predicted octanol–water partition coefficient (Wildman–Crippen LogP) is 2.46. The number of aromatic nitrogens is 1. The zero-order valence-corrected chi connectivity index (χ0v) is 20.7. The minimum Gasteiger partial charge on any atom is -0.493 e. The zero-order valence-electron chi connectivity index (χ0n) is 20.7. The molecule has 2 aliphatic rings. The second kappa shape index (κ2) is 10.8. The highest BCUT2D eigenvalue weighted by Crippen LogP contribution is 2.31. The van der Waals surface area contributed by atoms with Crippen LogP contribution in [0.1, 0.15) is 52.3 Å². The first-order valence-electron chi connectivity index (χ1n) is 12.6. The molecule has 2 aromatic carbocycles. The van der Waals surface area contributed by atoms with Crippen LogP contribution in [0.25, 0.3) is 10.8 Å². The number of hydrogen-bond donors (Lipinski definition) is 3. The molecule has 2 aliphatic heterocycles. The molecule has 2 bridgehead atoms. The van der Waals surface area contributed by atoms with Gasteiger partial charge in [-0.1, -0.05) is 24.3 Å². The van der Waals surface area contributed by atoms with Crippen molar-refractivity contribution in [2.45, 2.75) is 44.1 Å². The van der Waals surface area contributed by atoms with Crippen molar-refractivity contribution in [1.82, 2.24) is 15.2 Å². The molecule has 0 aliphatic carbocycles. The average molecular weight is 506 g/mol. The number of fused-ring (bicyclic) bond motifs is 3. The predicted molar refractivity (Wildman–Crippen MR) is 136 cm³/mol. The van der Waals surface area contributed by atoms with E-state index in [0.717, 1.165) is 10.8 Å². The van der Waals surface area contributed by atoms with Gasteiger partial charge in [0.2, 0.25) is 0 Å². The SMILES string of the molecule is CCOc1cc(C(=O)N2C3COCC2CC(O)C3)ccc1C(=O)NCC(O)c1cc2ccccc2cn1. The molecule has 194 valence electrons. The summed E-state index contributed by atoms with van der Waals surface area (Å²) in [5.74, 6) is -0.299. The summed E-state index contributed by atoms with van der Waals surface area (Å²) < 4.78 is 11.3. The van der Waals surface area contributed by atoms with E-state index in [4.69, 9.17) is 9.47 Å². The Balaban J connectivity index is 1.29. The van der Waals surface area contributed by atoms with Gasteiger partial charge in [-0.25, -0.2) is 0 Å². The number of aliphatic hydroxyl groups excluding tert-OH is 2. The van der Waals surface area contributed by atoms with E-state index in [2.05, 4.69) is 10.3 Å². The Hall–Kier alpha value is -3.53. The lowest BCUT2D eigenvalue weighted by Crippen LogP contribution is -2.60. The molecule has 0 saturated carbocycles. The van der Waals surface area contributed by atoms with Gasteiger partial charge in [-0.2, -0.15) is 0 Å². The lowest BCUT2D eigenvalue weighted by atomic mass is 9.91. The summed E-state index contributed by atoms with van der Waals surface area (Å²) in [6.07, 6.45) is 1.24. The average Bonchev–Trinajstić information content (AvgIpc) is 2.90.